The van der Waals surface area contributed by atoms with Gasteiger partial charge in [0.2, 0.25) is 17.7 Å². The molecule has 8 heteroatoms. The second-order valence-corrected chi connectivity index (χ2v) is 13.3. The first-order valence-corrected chi connectivity index (χ1v) is 17.4. The molecule has 1 aliphatic heterocycles. The summed E-state index contributed by atoms with van der Waals surface area (Å²) in [6.45, 7) is 2.95. The molecule has 0 bridgehead atoms. The third-order valence-electron chi connectivity index (χ3n) is 9.57. The van der Waals surface area contributed by atoms with Crippen molar-refractivity contribution in [2.75, 3.05) is 13.1 Å². The van der Waals surface area contributed by atoms with Gasteiger partial charge in [-0.3, -0.25) is 19.2 Å². The molecule has 50 heavy (non-hydrogen) atoms. The first-order chi connectivity index (χ1) is 24.3. The molecule has 5 aromatic carbocycles. The molecular weight excluding hydrogens is 624 g/mol. The fourth-order valence-corrected chi connectivity index (χ4v) is 6.69. The van der Waals surface area contributed by atoms with Gasteiger partial charge in [-0.1, -0.05) is 115 Å². The van der Waals surface area contributed by atoms with E-state index in [9.17, 15) is 19.2 Å². The van der Waals surface area contributed by atoms with Gasteiger partial charge in [-0.25, -0.2) is 0 Å². The van der Waals surface area contributed by atoms with Crippen LogP contribution in [0.4, 0.5) is 0 Å². The predicted molar refractivity (Wildman–Crippen MR) is 198 cm³/mol. The highest BCUT2D eigenvalue weighted by atomic mass is 16.2. The van der Waals surface area contributed by atoms with Crippen LogP contribution in [-0.4, -0.2) is 54.7 Å². The smallest absolute Gasteiger partial charge is 0.243 e. The largest absolute Gasteiger partial charge is 0.344 e. The second-order valence-electron chi connectivity index (χ2n) is 13.3. The zero-order valence-electron chi connectivity index (χ0n) is 28.4. The number of nitrogens with one attached hydrogen (secondary N) is 4. The lowest BCUT2D eigenvalue weighted by molar-refractivity contribution is -0.134. The monoisotopic (exact) mass is 668 g/mol. The minimum absolute atomic E-state index is 0.164. The van der Waals surface area contributed by atoms with Crippen LogP contribution < -0.4 is 21.3 Å². The van der Waals surface area contributed by atoms with Crippen molar-refractivity contribution >= 4 is 45.0 Å². The number of carbonyl (C=O) groups excluding carboxylic acids is 4. The SMILES string of the molecule is CC(=O)[C@H](Cc1ccccc1)NC(=O)[C@@H](Cc1ccc2ccccc2c1)NC(=O)[C@@H](Cc1ccc2ccccc2c1)NC(=O)C1CCNCC1. The molecule has 1 aliphatic rings. The van der Waals surface area contributed by atoms with Gasteiger partial charge in [0.1, 0.15) is 12.1 Å². The molecule has 256 valence electrons. The van der Waals surface area contributed by atoms with Gasteiger partial charge in [-0.05, 0) is 77.5 Å². The van der Waals surface area contributed by atoms with Crippen LogP contribution in [0.2, 0.25) is 0 Å². The van der Waals surface area contributed by atoms with Gasteiger partial charge >= 0.3 is 0 Å². The Kier molecular flexibility index (Phi) is 11.3. The van der Waals surface area contributed by atoms with Crippen molar-refractivity contribution in [1.29, 1.82) is 0 Å². The van der Waals surface area contributed by atoms with E-state index in [1.54, 1.807) is 0 Å². The number of carbonyl (C=O) groups is 4. The van der Waals surface area contributed by atoms with E-state index in [-0.39, 0.29) is 30.4 Å². The lowest BCUT2D eigenvalue weighted by Crippen LogP contribution is -2.57. The normalized spacial score (nSPS) is 15.1. The first kappa shape index (κ1) is 34.5. The zero-order chi connectivity index (χ0) is 34.9. The number of piperidine rings is 1. The van der Waals surface area contributed by atoms with Crippen LogP contribution >= 0.6 is 0 Å². The zero-order valence-corrected chi connectivity index (χ0v) is 28.4. The summed E-state index contributed by atoms with van der Waals surface area (Å²) in [4.78, 5) is 54.6. The standard InChI is InChI=1S/C42H44N4O4/c1-28(47)37(25-29-9-3-2-4-10-29)44-41(49)39(27-31-16-18-33-12-6-8-14-36(33)24-31)46-42(50)38(45-40(48)34-19-21-43-22-20-34)26-30-15-17-32-11-5-7-13-35(32)23-30/h2-18,23-24,34,37-39,43H,19-22,25-27H2,1H3,(H,44,49)(H,45,48)(H,46,50)/t37-,38+,39+/m0/s1. The van der Waals surface area contributed by atoms with Gasteiger partial charge in [0.25, 0.3) is 0 Å². The van der Waals surface area contributed by atoms with E-state index in [4.69, 9.17) is 0 Å². The number of benzene rings is 5. The molecule has 0 saturated carbocycles. The number of amides is 3. The van der Waals surface area contributed by atoms with Crippen LogP contribution in [0.5, 0.6) is 0 Å². The van der Waals surface area contributed by atoms with Crippen molar-refractivity contribution in [3.8, 4) is 0 Å². The van der Waals surface area contributed by atoms with E-state index in [1.807, 2.05) is 115 Å². The quantitative estimate of drug-likeness (QED) is 0.140. The van der Waals surface area contributed by atoms with E-state index in [0.29, 0.717) is 19.3 Å². The number of hydrogen-bond acceptors (Lipinski definition) is 5. The Bertz CT molecular complexity index is 1970. The van der Waals surface area contributed by atoms with Crippen molar-refractivity contribution in [1.82, 2.24) is 21.3 Å². The molecule has 4 N–H and O–H groups in total. The molecule has 0 radical (unpaired) electrons. The Hall–Kier alpha value is -5.34. The Morgan fingerprint density at radius 1 is 0.560 bits per heavy atom. The third kappa shape index (κ3) is 9.01. The predicted octanol–water partition coefficient (Wildman–Crippen LogP) is 5.06. The summed E-state index contributed by atoms with van der Waals surface area (Å²) in [6, 6.07) is 34.8. The topological polar surface area (TPSA) is 116 Å². The molecule has 5 aromatic rings. The number of Topliss-reactive ketones (excluding diaryl/α,β-unsaturated/α-hetero) is 1. The fourth-order valence-electron chi connectivity index (χ4n) is 6.69. The van der Waals surface area contributed by atoms with Crippen LogP contribution in [-0.2, 0) is 38.4 Å². The van der Waals surface area contributed by atoms with Gasteiger partial charge in [0, 0.05) is 18.8 Å². The number of fused-ring (bicyclic) bond motifs is 2. The van der Waals surface area contributed by atoms with Gasteiger partial charge in [0.05, 0.1) is 6.04 Å². The fraction of sp³-hybridized carbons (Fsp3) is 0.286. The average molecular weight is 669 g/mol. The Balaban J connectivity index is 1.27. The van der Waals surface area contributed by atoms with Gasteiger partial charge < -0.3 is 21.3 Å². The van der Waals surface area contributed by atoms with Crippen molar-refractivity contribution in [3.05, 3.63) is 132 Å². The number of ketones is 1. The summed E-state index contributed by atoms with van der Waals surface area (Å²) < 4.78 is 0. The molecule has 1 heterocycles. The van der Waals surface area contributed by atoms with Crippen molar-refractivity contribution < 1.29 is 19.2 Å². The highest BCUT2D eigenvalue weighted by Crippen LogP contribution is 2.20. The molecule has 0 aliphatic carbocycles. The molecule has 0 unspecified atom stereocenters. The summed E-state index contributed by atoms with van der Waals surface area (Å²) in [7, 11) is 0. The van der Waals surface area contributed by atoms with E-state index in [0.717, 1.165) is 51.3 Å². The summed E-state index contributed by atoms with van der Waals surface area (Å²) in [5.74, 6) is -1.46. The summed E-state index contributed by atoms with van der Waals surface area (Å²) in [6.07, 6.45) is 2.16. The molecular formula is C42H44N4O4. The molecule has 1 saturated heterocycles. The minimum Gasteiger partial charge on any atom is -0.344 e. The van der Waals surface area contributed by atoms with Crippen LogP contribution in [0.15, 0.2) is 115 Å². The lowest BCUT2D eigenvalue weighted by Gasteiger charge is -2.27. The average Bonchev–Trinajstić information content (AvgIpc) is 3.14. The van der Waals surface area contributed by atoms with E-state index < -0.39 is 29.9 Å². The molecule has 0 spiro atoms. The highest BCUT2D eigenvalue weighted by molar-refractivity contribution is 5.95. The maximum atomic E-state index is 14.3. The number of hydrogen-bond donors (Lipinski definition) is 4. The maximum absolute atomic E-state index is 14.3. The summed E-state index contributed by atoms with van der Waals surface area (Å²) in [5.41, 5.74) is 2.67. The van der Waals surface area contributed by atoms with Crippen LogP contribution in [0.3, 0.4) is 0 Å². The highest BCUT2D eigenvalue weighted by Gasteiger charge is 2.31. The Morgan fingerprint density at radius 2 is 1.02 bits per heavy atom. The van der Waals surface area contributed by atoms with Crippen LogP contribution in [0.25, 0.3) is 21.5 Å². The van der Waals surface area contributed by atoms with Gasteiger partial charge in [-0.2, -0.15) is 0 Å². The molecule has 6 rings (SSSR count). The molecule has 8 nitrogen and oxygen atoms in total. The third-order valence-corrected chi connectivity index (χ3v) is 9.57. The van der Waals surface area contributed by atoms with Gasteiger partial charge in [0.15, 0.2) is 5.78 Å². The molecule has 3 amide bonds. The molecule has 0 aromatic heterocycles. The number of rotatable bonds is 13. The maximum Gasteiger partial charge on any atom is 0.243 e. The van der Waals surface area contributed by atoms with Crippen LogP contribution in [0.1, 0.15) is 36.5 Å². The van der Waals surface area contributed by atoms with Crippen LogP contribution in [0, 0.1) is 5.92 Å². The molecule has 3 atom stereocenters. The minimum atomic E-state index is -1.00. The first-order valence-electron chi connectivity index (χ1n) is 17.4. The molecule has 1 fully saturated rings. The Labute approximate surface area is 293 Å². The van der Waals surface area contributed by atoms with Crippen molar-refractivity contribution in [2.45, 2.75) is 57.2 Å². The van der Waals surface area contributed by atoms with E-state index in [2.05, 4.69) is 21.3 Å². The van der Waals surface area contributed by atoms with Crippen molar-refractivity contribution in [2.24, 2.45) is 5.92 Å². The lowest BCUT2D eigenvalue weighted by atomic mass is 9.95. The van der Waals surface area contributed by atoms with E-state index in [1.165, 1.54) is 6.92 Å². The Morgan fingerprint density at radius 3 is 1.56 bits per heavy atom. The summed E-state index contributed by atoms with van der Waals surface area (Å²) >= 11 is 0. The van der Waals surface area contributed by atoms with Crippen molar-refractivity contribution in [3.63, 3.8) is 0 Å². The van der Waals surface area contributed by atoms with E-state index >= 15 is 0 Å². The second kappa shape index (κ2) is 16.4. The summed E-state index contributed by atoms with van der Waals surface area (Å²) in [5, 5.41) is 16.5. The van der Waals surface area contributed by atoms with Gasteiger partial charge in [-0.15, -0.1) is 0 Å².